The fourth-order valence-corrected chi connectivity index (χ4v) is 4.37. The van der Waals surface area contributed by atoms with Gasteiger partial charge in [0.1, 0.15) is 0 Å². The molecule has 1 amide bonds. The Bertz CT molecular complexity index is 532. The Labute approximate surface area is 141 Å². The van der Waals surface area contributed by atoms with E-state index >= 15 is 0 Å². The molecule has 1 atom stereocenters. The minimum atomic E-state index is 0.0449. The van der Waals surface area contributed by atoms with Crippen LogP contribution in [0.1, 0.15) is 11.6 Å². The lowest BCUT2D eigenvalue weighted by atomic mass is 9.99. The van der Waals surface area contributed by atoms with Crippen molar-refractivity contribution >= 4 is 36.2 Å². The summed E-state index contributed by atoms with van der Waals surface area (Å²) in [6.45, 7) is 3.46. The normalized spacial score (nSPS) is 23.2. The minimum absolute atomic E-state index is 0.0449. The molecule has 2 heterocycles. The van der Waals surface area contributed by atoms with E-state index < -0.39 is 0 Å². The van der Waals surface area contributed by atoms with E-state index in [0.717, 1.165) is 12.1 Å². The highest BCUT2D eigenvalue weighted by Gasteiger charge is 2.35. The molecule has 0 radical (unpaired) electrons. The summed E-state index contributed by atoms with van der Waals surface area (Å²) in [4.78, 5) is 14.7. The first-order valence-corrected chi connectivity index (χ1v) is 10.3. The van der Waals surface area contributed by atoms with E-state index in [9.17, 15) is 4.79 Å². The summed E-state index contributed by atoms with van der Waals surface area (Å²) < 4.78 is 7.58. The van der Waals surface area contributed by atoms with E-state index in [1.807, 2.05) is 23.1 Å². The zero-order chi connectivity index (χ0) is 14.7. The molecule has 1 unspecified atom stereocenters. The highest BCUT2D eigenvalue weighted by atomic mass is 127. The predicted molar refractivity (Wildman–Crippen MR) is 93.0 cm³/mol. The van der Waals surface area contributed by atoms with Gasteiger partial charge in [-0.15, -0.1) is 0 Å². The standard InChI is InChI=1S/C15H17IN2O2S/c16-21-18-7-6-13(14(18)12-4-2-1-3-5-12)15(19)17-8-10-20-11-9-17/h1-6,14H,7-11H2. The van der Waals surface area contributed by atoms with Crippen molar-refractivity contribution in [2.75, 3.05) is 32.8 Å². The van der Waals surface area contributed by atoms with Gasteiger partial charge >= 0.3 is 0 Å². The van der Waals surface area contributed by atoms with Crippen molar-refractivity contribution in [1.82, 2.24) is 9.21 Å². The van der Waals surface area contributed by atoms with Crippen LogP contribution in [0.25, 0.3) is 0 Å². The van der Waals surface area contributed by atoms with Gasteiger partial charge in [0.15, 0.2) is 0 Å². The van der Waals surface area contributed by atoms with Crippen molar-refractivity contribution in [3.8, 4) is 0 Å². The zero-order valence-electron chi connectivity index (χ0n) is 11.6. The van der Waals surface area contributed by atoms with Crippen molar-refractivity contribution in [2.45, 2.75) is 6.04 Å². The second-order valence-corrected chi connectivity index (χ2v) is 6.83. The van der Waals surface area contributed by atoms with Crippen LogP contribution in [0.3, 0.4) is 0 Å². The first-order chi connectivity index (χ1) is 10.3. The molecule has 0 N–H and O–H groups in total. The van der Waals surface area contributed by atoms with Crippen LogP contribution in [0.5, 0.6) is 0 Å². The van der Waals surface area contributed by atoms with E-state index in [-0.39, 0.29) is 11.9 Å². The molecule has 2 aliphatic heterocycles. The molecule has 1 aromatic rings. The Balaban J connectivity index is 1.84. The summed E-state index contributed by atoms with van der Waals surface area (Å²) in [6.07, 6.45) is 2.07. The number of rotatable bonds is 3. The molecule has 1 saturated heterocycles. The molecule has 1 fully saturated rings. The summed E-state index contributed by atoms with van der Waals surface area (Å²) in [6, 6.07) is 10.3. The lowest BCUT2D eigenvalue weighted by molar-refractivity contribution is -0.131. The summed E-state index contributed by atoms with van der Waals surface area (Å²) in [7, 11) is 1.66. The minimum Gasteiger partial charge on any atom is -0.378 e. The van der Waals surface area contributed by atoms with Crippen LogP contribution in [0.2, 0.25) is 0 Å². The number of halogens is 1. The summed E-state index contributed by atoms with van der Waals surface area (Å²) in [5, 5.41) is 0. The first kappa shape index (κ1) is 15.3. The average Bonchev–Trinajstić information content (AvgIpc) is 2.99. The largest absolute Gasteiger partial charge is 0.378 e. The lowest BCUT2D eigenvalue weighted by Gasteiger charge is -2.30. The van der Waals surface area contributed by atoms with Gasteiger partial charge in [-0.25, -0.2) is 4.31 Å². The number of nitrogens with zero attached hydrogens (tertiary/aromatic N) is 2. The molecule has 1 aromatic carbocycles. The summed E-state index contributed by atoms with van der Waals surface area (Å²) >= 11 is 2.28. The molecule has 2 aliphatic rings. The number of hydrogen-bond acceptors (Lipinski definition) is 4. The number of amides is 1. The summed E-state index contributed by atoms with van der Waals surface area (Å²) in [5.41, 5.74) is 2.07. The van der Waals surface area contributed by atoms with Gasteiger partial charge in [-0.1, -0.05) is 36.4 Å². The van der Waals surface area contributed by atoms with E-state index in [2.05, 4.69) is 43.7 Å². The van der Waals surface area contributed by atoms with Crippen molar-refractivity contribution in [3.05, 3.63) is 47.5 Å². The van der Waals surface area contributed by atoms with Crippen molar-refractivity contribution in [3.63, 3.8) is 0 Å². The number of morpholine rings is 1. The van der Waals surface area contributed by atoms with Gasteiger partial charge in [0, 0.05) is 46.4 Å². The quantitative estimate of drug-likeness (QED) is 0.561. The number of carbonyl (C=O) groups is 1. The Kier molecular flexibility index (Phi) is 5.20. The van der Waals surface area contributed by atoms with Crippen molar-refractivity contribution in [1.29, 1.82) is 0 Å². The van der Waals surface area contributed by atoms with Crippen LogP contribution in [0.15, 0.2) is 42.0 Å². The predicted octanol–water partition coefficient (Wildman–Crippen LogP) is 2.83. The molecule has 21 heavy (non-hydrogen) atoms. The second-order valence-electron chi connectivity index (χ2n) is 5.05. The van der Waals surface area contributed by atoms with Crippen LogP contribution >= 0.6 is 30.3 Å². The van der Waals surface area contributed by atoms with E-state index in [1.54, 1.807) is 9.12 Å². The van der Waals surface area contributed by atoms with Crippen molar-refractivity contribution in [2.24, 2.45) is 0 Å². The second kappa shape index (κ2) is 7.13. The van der Waals surface area contributed by atoms with E-state index in [1.165, 1.54) is 5.56 Å². The SMILES string of the molecule is O=C(C1=CCN(SI)C1c1ccccc1)N1CCOCC1. The third kappa shape index (κ3) is 3.28. The highest BCUT2D eigenvalue weighted by Crippen LogP contribution is 2.40. The Morgan fingerprint density at radius 2 is 1.95 bits per heavy atom. The maximum absolute atomic E-state index is 12.8. The fraction of sp³-hybridized carbons (Fsp3) is 0.400. The molecule has 3 rings (SSSR count). The van der Waals surface area contributed by atoms with E-state index in [0.29, 0.717) is 26.3 Å². The molecule has 0 aliphatic carbocycles. The van der Waals surface area contributed by atoms with Gasteiger partial charge in [-0.2, -0.15) is 0 Å². The molecular formula is C15H17IN2O2S. The molecule has 0 aromatic heterocycles. The van der Waals surface area contributed by atoms with Crippen molar-refractivity contribution < 1.29 is 9.53 Å². The topological polar surface area (TPSA) is 32.8 Å². The molecule has 112 valence electrons. The zero-order valence-corrected chi connectivity index (χ0v) is 14.5. The Morgan fingerprint density at radius 3 is 2.62 bits per heavy atom. The van der Waals surface area contributed by atoms with Gasteiger partial charge in [-0.3, -0.25) is 4.79 Å². The first-order valence-electron chi connectivity index (χ1n) is 6.98. The molecular weight excluding hydrogens is 399 g/mol. The number of ether oxygens (including phenoxy) is 1. The van der Waals surface area contributed by atoms with Gasteiger partial charge in [0.05, 0.1) is 19.3 Å². The molecule has 4 nitrogen and oxygen atoms in total. The molecule has 0 saturated carbocycles. The average molecular weight is 416 g/mol. The highest BCUT2D eigenvalue weighted by molar-refractivity contribution is 14.2. The lowest BCUT2D eigenvalue weighted by Crippen LogP contribution is -2.42. The summed E-state index contributed by atoms with van der Waals surface area (Å²) in [5.74, 6) is 0.153. The number of hydrogen-bond donors (Lipinski definition) is 0. The van der Waals surface area contributed by atoms with Crippen LogP contribution in [0.4, 0.5) is 0 Å². The number of benzene rings is 1. The monoisotopic (exact) mass is 416 g/mol. The number of carbonyl (C=O) groups excluding carboxylic acids is 1. The fourth-order valence-electron chi connectivity index (χ4n) is 2.76. The third-order valence-electron chi connectivity index (χ3n) is 3.82. The van der Waals surface area contributed by atoms with Gasteiger partial charge in [0.25, 0.3) is 5.91 Å². The van der Waals surface area contributed by atoms with Gasteiger partial charge in [-0.05, 0) is 14.7 Å². The molecule has 6 heteroatoms. The van der Waals surface area contributed by atoms with E-state index in [4.69, 9.17) is 4.74 Å². The smallest absolute Gasteiger partial charge is 0.251 e. The maximum atomic E-state index is 12.8. The van der Waals surface area contributed by atoms with Crippen LogP contribution in [-0.2, 0) is 9.53 Å². The Hall–Kier alpha value is -0.570. The third-order valence-corrected chi connectivity index (χ3v) is 5.88. The Morgan fingerprint density at radius 1 is 1.24 bits per heavy atom. The van der Waals surface area contributed by atoms with Crippen LogP contribution < -0.4 is 0 Å². The van der Waals surface area contributed by atoms with Crippen LogP contribution in [-0.4, -0.2) is 48.0 Å². The van der Waals surface area contributed by atoms with Gasteiger partial charge < -0.3 is 9.64 Å². The van der Waals surface area contributed by atoms with Crippen LogP contribution in [0, 0.1) is 0 Å². The van der Waals surface area contributed by atoms with Gasteiger partial charge in [0.2, 0.25) is 0 Å². The molecule has 0 spiro atoms. The maximum Gasteiger partial charge on any atom is 0.251 e. The molecule has 0 bridgehead atoms.